The minimum atomic E-state index is -0.167. The van der Waals surface area contributed by atoms with E-state index in [1.54, 1.807) is 7.11 Å². The Bertz CT molecular complexity index is 784. The largest absolute Gasteiger partial charge is 0.493 e. The molecular weight excluding hydrogens is 336 g/mol. The lowest BCUT2D eigenvalue weighted by molar-refractivity contribution is 0.112. The highest BCUT2D eigenvalue weighted by Gasteiger charge is 2.24. The highest BCUT2D eigenvalue weighted by atomic mass is 16.7. The van der Waals surface area contributed by atoms with Crippen LogP contribution in [0.15, 0.2) is 16.5 Å². The first-order chi connectivity index (χ1) is 12.3. The first-order valence-electron chi connectivity index (χ1n) is 8.56. The highest BCUT2D eigenvalue weighted by molar-refractivity contribution is 5.66. The van der Waals surface area contributed by atoms with Crippen LogP contribution in [-0.4, -0.2) is 49.1 Å². The lowest BCUT2D eigenvalue weighted by Gasteiger charge is -2.27. The Balaban J connectivity index is 1.82. The van der Waals surface area contributed by atoms with Gasteiger partial charge in [-0.15, -0.1) is 0 Å². The molecule has 1 aliphatic heterocycles. The fourth-order valence-corrected chi connectivity index (χ4v) is 3.04. The van der Waals surface area contributed by atoms with Crippen LogP contribution in [0.5, 0.6) is 17.2 Å². The van der Waals surface area contributed by atoms with Crippen LogP contribution in [0.2, 0.25) is 0 Å². The summed E-state index contributed by atoms with van der Waals surface area (Å²) in [6.07, 6.45) is 0. The average Bonchev–Trinajstić information content (AvgIpc) is 3.20. The molecule has 7 nitrogen and oxygen atoms in total. The Kier molecular flexibility index (Phi) is 5.11. The first-order valence-corrected chi connectivity index (χ1v) is 8.56. The minimum Gasteiger partial charge on any atom is -0.493 e. The first kappa shape index (κ1) is 18.5. The van der Waals surface area contributed by atoms with E-state index in [9.17, 15) is 5.11 Å². The molecule has 0 radical (unpaired) electrons. The number of aryl methyl sites for hydroxylation is 1. The van der Waals surface area contributed by atoms with Crippen LogP contribution in [0.3, 0.4) is 0 Å². The summed E-state index contributed by atoms with van der Waals surface area (Å²) in [5.41, 5.74) is 1.48. The number of aliphatic hydroxyl groups is 1. The molecule has 0 fully saturated rings. The quantitative estimate of drug-likeness (QED) is 0.811. The maximum Gasteiger partial charge on any atom is 0.231 e. The van der Waals surface area contributed by atoms with Gasteiger partial charge in [0.05, 0.1) is 12.8 Å². The van der Waals surface area contributed by atoms with Gasteiger partial charge < -0.3 is 23.7 Å². The fraction of sp³-hybridized carbons (Fsp3) is 0.526. The molecule has 0 unspecified atom stereocenters. The molecule has 2 aromatic rings. The molecule has 0 spiro atoms. The van der Waals surface area contributed by atoms with E-state index in [-0.39, 0.29) is 18.8 Å². The average molecular weight is 362 g/mol. The van der Waals surface area contributed by atoms with Gasteiger partial charge in [0.25, 0.3) is 0 Å². The topological polar surface area (TPSA) is 77.2 Å². The predicted octanol–water partition coefficient (Wildman–Crippen LogP) is 2.84. The molecule has 7 heteroatoms. The van der Waals surface area contributed by atoms with Crippen LogP contribution >= 0.6 is 0 Å². The zero-order chi connectivity index (χ0) is 18.9. The Morgan fingerprint density at radius 1 is 1.31 bits per heavy atom. The Labute approximate surface area is 153 Å². The van der Waals surface area contributed by atoms with Crippen molar-refractivity contribution in [2.75, 3.05) is 34.1 Å². The van der Waals surface area contributed by atoms with Gasteiger partial charge in [0.15, 0.2) is 11.5 Å². The number of methoxy groups -OCH3 is 1. The lowest BCUT2D eigenvalue weighted by Crippen LogP contribution is -2.33. The molecule has 1 aliphatic rings. The number of aliphatic hydroxyl groups excluding tert-OH is 1. The Hall–Kier alpha value is -2.25. The number of hydrogen-bond donors (Lipinski definition) is 1. The van der Waals surface area contributed by atoms with Gasteiger partial charge in [-0.1, -0.05) is 13.8 Å². The van der Waals surface area contributed by atoms with Gasteiger partial charge >= 0.3 is 0 Å². The summed E-state index contributed by atoms with van der Waals surface area (Å²) < 4.78 is 22.2. The van der Waals surface area contributed by atoms with Crippen molar-refractivity contribution in [3.63, 3.8) is 0 Å². The van der Waals surface area contributed by atoms with Crippen LogP contribution in [0, 0.1) is 12.3 Å². The van der Waals surface area contributed by atoms with Crippen molar-refractivity contribution in [1.29, 1.82) is 0 Å². The van der Waals surface area contributed by atoms with Crippen molar-refractivity contribution in [3.05, 3.63) is 23.6 Å². The summed E-state index contributed by atoms with van der Waals surface area (Å²) in [6.45, 7) is 7.67. The van der Waals surface area contributed by atoms with E-state index in [0.717, 1.165) is 23.6 Å². The van der Waals surface area contributed by atoms with Gasteiger partial charge in [0.2, 0.25) is 18.4 Å². The second-order valence-corrected chi connectivity index (χ2v) is 7.43. The number of fused-ring (bicyclic) bond motifs is 1. The van der Waals surface area contributed by atoms with Gasteiger partial charge in [-0.3, -0.25) is 4.90 Å². The number of rotatable bonds is 7. The van der Waals surface area contributed by atoms with Gasteiger partial charge in [0, 0.05) is 30.7 Å². The summed E-state index contributed by atoms with van der Waals surface area (Å²) in [4.78, 5) is 6.78. The monoisotopic (exact) mass is 362 g/mol. The van der Waals surface area contributed by atoms with E-state index in [1.165, 1.54) is 0 Å². The molecule has 1 N–H and O–H groups in total. The van der Waals surface area contributed by atoms with Crippen molar-refractivity contribution in [3.8, 4) is 28.7 Å². The van der Waals surface area contributed by atoms with E-state index in [4.69, 9.17) is 18.6 Å². The molecule has 1 aromatic carbocycles. The molecule has 142 valence electrons. The molecule has 0 saturated carbocycles. The molecule has 0 atom stereocenters. The second-order valence-electron chi connectivity index (χ2n) is 7.43. The van der Waals surface area contributed by atoms with Crippen LogP contribution in [0.25, 0.3) is 11.5 Å². The summed E-state index contributed by atoms with van der Waals surface area (Å²) in [5.74, 6) is 3.10. The summed E-state index contributed by atoms with van der Waals surface area (Å²) in [7, 11) is 3.60. The highest BCUT2D eigenvalue weighted by Crippen LogP contribution is 2.44. The minimum absolute atomic E-state index is 0.136. The number of aromatic nitrogens is 1. The molecule has 26 heavy (non-hydrogen) atoms. The molecular formula is C19H26N2O5. The smallest absolute Gasteiger partial charge is 0.231 e. The van der Waals surface area contributed by atoms with Crippen molar-refractivity contribution in [2.45, 2.75) is 27.3 Å². The normalized spacial score (nSPS) is 13.5. The van der Waals surface area contributed by atoms with Gasteiger partial charge in [-0.25, -0.2) is 4.98 Å². The Morgan fingerprint density at radius 2 is 2.08 bits per heavy atom. The Morgan fingerprint density at radius 3 is 2.77 bits per heavy atom. The van der Waals surface area contributed by atoms with E-state index >= 15 is 0 Å². The number of nitrogens with zero attached hydrogens (tertiary/aromatic N) is 2. The third-order valence-corrected chi connectivity index (χ3v) is 4.34. The van der Waals surface area contributed by atoms with Crippen molar-refractivity contribution < 1.29 is 23.7 Å². The van der Waals surface area contributed by atoms with E-state index in [1.807, 2.05) is 40.0 Å². The van der Waals surface area contributed by atoms with Crippen LogP contribution < -0.4 is 14.2 Å². The fourth-order valence-electron chi connectivity index (χ4n) is 3.04. The summed E-state index contributed by atoms with van der Waals surface area (Å²) >= 11 is 0. The SMILES string of the molecule is COc1cc(-c2nc(CN(C)CC(C)(C)CO)c(C)o2)cc2c1OCO2. The van der Waals surface area contributed by atoms with Crippen molar-refractivity contribution in [2.24, 2.45) is 5.41 Å². The maximum atomic E-state index is 9.45. The summed E-state index contributed by atoms with van der Waals surface area (Å²) in [6, 6.07) is 3.68. The van der Waals surface area contributed by atoms with Gasteiger partial charge in [-0.2, -0.15) is 0 Å². The van der Waals surface area contributed by atoms with E-state index < -0.39 is 0 Å². The number of hydrogen-bond acceptors (Lipinski definition) is 7. The standard InChI is InChI=1S/C19H26N2O5/c1-12-14(8-21(4)9-19(2,3)10-22)20-18(26-12)13-6-15(23-5)17-16(7-13)24-11-25-17/h6-7,22H,8-11H2,1-5H3. The van der Waals surface area contributed by atoms with Gasteiger partial charge in [-0.05, 0) is 26.1 Å². The zero-order valence-electron chi connectivity index (χ0n) is 16.0. The molecule has 0 amide bonds. The van der Waals surface area contributed by atoms with Gasteiger partial charge in [0.1, 0.15) is 5.76 Å². The molecule has 0 aliphatic carbocycles. The molecule has 2 heterocycles. The third kappa shape index (κ3) is 3.78. The lowest BCUT2D eigenvalue weighted by atomic mass is 9.94. The number of ether oxygens (including phenoxy) is 3. The van der Waals surface area contributed by atoms with Crippen LogP contribution in [0.1, 0.15) is 25.3 Å². The summed E-state index contributed by atoms with van der Waals surface area (Å²) in [5, 5.41) is 9.45. The van der Waals surface area contributed by atoms with Crippen molar-refractivity contribution >= 4 is 0 Å². The van der Waals surface area contributed by atoms with Crippen LogP contribution in [0.4, 0.5) is 0 Å². The molecule has 0 saturated heterocycles. The van der Waals surface area contributed by atoms with E-state index in [2.05, 4.69) is 9.88 Å². The number of oxazole rings is 1. The second kappa shape index (κ2) is 7.17. The molecule has 0 bridgehead atoms. The number of benzene rings is 1. The molecule has 3 rings (SSSR count). The van der Waals surface area contributed by atoms with Crippen molar-refractivity contribution in [1.82, 2.24) is 9.88 Å². The third-order valence-electron chi connectivity index (χ3n) is 4.34. The van der Waals surface area contributed by atoms with E-state index in [0.29, 0.717) is 29.7 Å². The molecule has 1 aromatic heterocycles. The van der Waals surface area contributed by atoms with Crippen LogP contribution in [-0.2, 0) is 6.54 Å². The maximum absolute atomic E-state index is 9.45. The zero-order valence-corrected chi connectivity index (χ0v) is 16.0. The predicted molar refractivity (Wildman–Crippen MR) is 96.6 cm³/mol.